The summed E-state index contributed by atoms with van der Waals surface area (Å²) in [6, 6.07) is 20.4. The van der Waals surface area contributed by atoms with E-state index in [0.29, 0.717) is 23.6 Å². The van der Waals surface area contributed by atoms with Gasteiger partial charge >= 0.3 is 0 Å². The van der Waals surface area contributed by atoms with E-state index in [0.717, 1.165) is 15.4 Å². The van der Waals surface area contributed by atoms with Gasteiger partial charge in [-0.05, 0) is 68.8 Å². The number of aryl methyl sites for hydroxylation is 1. The Bertz CT molecular complexity index is 1320. The third-order valence-electron chi connectivity index (χ3n) is 5.92. The molecule has 1 unspecified atom stereocenters. The van der Waals surface area contributed by atoms with Crippen LogP contribution in [0.1, 0.15) is 37.4 Å². The number of benzene rings is 3. The minimum absolute atomic E-state index is 0.122. The van der Waals surface area contributed by atoms with E-state index in [-0.39, 0.29) is 17.5 Å². The third kappa shape index (κ3) is 5.43. The van der Waals surface area contributed by atoms with Gasteiger partial charge < -0.3 is 14.8 Å². The molecule has 184 valence electrons. The molecule has 3 aromatic rings. The molecule has 0 bridgehead atoms. The quantitative estimate of drug-likeness (QED) is 0.518. The van der Waals surface area contributed by atoms with Crippen LogP contribution in [0, 0.1) is 6.92 Å². The Morgan fingerprint density at radius 1 is 1.09 bits per heavy atom. The molecule has 0 saturated heterocycles. The first kappa shape index (κ1) is 24.6. The van der Waals surface area contributed by atoms with Crippen molar-refractivity contribution in [3.63, 3.8) is 0 Å². The van der Waals surface area contributed by atoms with Gasteiger partial charge in [0.25, 0.3) is 10.0 Å². The molecule has 0 fully saturated rings. The highest BCUT2D eigenvalue weighted by atomic mass is 32.2. The van der Waals surface area contributed by atoms with Crippen molar-refractivity contribution in [2.24, 2.45) is 0 Å². The fourth-order valence-corrected chi connectivity index (χ4v) is 5.71. The number of hydrogen-bond acceptors (Lipinski definition) is 5. The largest absolute Gasteiger partial charge is 0.497 e. The lowest BCUT2D eigenvalue weighted by molar-refractivity contribution is -0.120. The van der Waals surface area contributed by atoms with Crippen LogP contribution in [0.5, 0.6) is 11.5 Å². The second-order valence-electron chi connectivity index (χ2n) is 9.25. The highest BCUT2D eigenvalue weighted by Gasteiger charge is 2.36. The van der Waals surface area contributed by atoms with Crippen LogP contribution in [0.4, 0.5) is 5.69 Å². The smallest absolute Gasteiger partial charge is 0.264 e. The van der Waals surface area contributed by atoms with Crippen LogP contribution < -0.4 is 19.1 Å². The van der Waals surface area contributed by atoms with E-state index in [9.17, 15) is 13.2 Å². The van der Waals surface area contributed by atoms with Crippen LogP contribution in [-0.4, -0.2) is 33.6 Å². The van der Waals surface area contributed by atoms with Gasteiger partial charge in [-0.15, -0.1) is 0 Å². The number of nitrogens with zero attached hydrogens (tertiary/aromatic N) is 1. The van der Waals surface area contributed by atoms with Crippen molar-refractivity contribution in [2.45, 2.75) is 43.7 Å². The molecule has 35 heavy (non-hydrogen) atoms. The summed E-state index contributed by atoms with van der Waals surface area (Å²) in [6.07, 6.45) is 0.523. The summed E-state index contributed by atoms with van der Waals surface area (Å²) in [5.41, 5.74) is 1.61. The Kier molecular flexibility index (Phi) is 6.76. The molecule has 4 rings (SSSR count). The zero-order valence-corrected chi connectivity index (χ0v) is 21.1. The lowest BCUT2D eigenvalue weighted by atomic mass is 9.89. The van der Waals surface area contributed by atoms with Crippen LogP contribution in [0.25, 0.3) is 0 Å². The van der Waals surface area contributed by atoms with Crippen LogP contribution in [-0.2, 0) is 14.8 Å². The fourth-order valence-electron chi connectivity index (χ4n) is 4.28. The first-order chi connectivity index (χ1) is 16.6. The highest BCUT2D eigenvalue weighted by Crippen LogP contribution is 2.41. The molecule has 0 spiro atoms. The summed E-state index contributed by atoms with van der Waals surface area (Å²) >= 11 is 0. The molecule has 0 radical (unpaired) electrons. The summed E-state index contributed by atoms with van der Waals surface area (Å²) in [5, 5.41) is 3.04. The van der Waals surface area contributed by atoms with E-state index in [2.05, 4.69) is 5.32 Å². The van der Waals surface area contributed by atoms with E-state index < -0.39 is 21.5 Å². The first-order valence-electron chi connectivity index (χ1n) is 11.4. The number of sulfonamides is 1. The number of nitrogens with one attached hydrogen (secondary N) is 1. The van der Waals surface area contributed by atoms with Crippen LogP contribution >= 0.6 is 0 Å². The van der Waals surface area contributed by atoms with Gasteiger partial charge in [-0.3, -0.25) is 9.10 Å². The number of rotatable bonds is 7. The van der Waals surface area contributed by atoms with Gasteiger partial charge in [0, 0.05) is 12.0 Å². The Labute approximate surface area is 206 Å². The molecule has 0 aliphatic carbocycles. The number of ether oxygens (including phenoxy) is 2. The minimum Gasteiger partial charge on any atom is -0.497 e. The first-order valence-corrected chi connectivity index (χ1v) is 12.8. The predicted molar refractivity (Wildman–Crippen MR) is 135 cm³/mol. The summed E-state index contributed by atoms with van der Waals surface area (Å²) < 4.78 is 39.7. The zero-order chi connectivity index (χ0) is 25.2. The van der Waals surface area contributed by atoms with E-state index in [4.69, 9.17) is 9.47 Å². The van der Waals surface area contributed by atoms with Gasteiger partial charge in [0.05, 0.1) is 23.7 Å². The Morgan fingerprint density at radius 2 is 1.83 bits per heavy atom. The van der Waals surface area contributed by atoms with Gasteiger partial charge in [-0.2, -0.15) is 0 Å². The van der Waals surface area contributed by atoms with Crippen LogP contribution in [0.2, 0.25) is 0 Å². The molecule has 1 amide bonds. The number of amides is 1. The van der Waals surface area contributed by atoms with E-state index in [1.807, 2.05) is 45.0 Å². The van der Waals surface area contributed by atoms with E-state index >= 15 is 0 Å². The molecule has 1 aliphatic rings. The summed E-state index contributed by atoms with van der Waals surface area (Å²) in [7, 11) is -2.39. The van der Waals surface area contributed by atoms with Gasteiger partial charge in [-0.1, -0.05) is 30.3 Å². The molecule has 0 aromatic heterocycles. The molecule has 1 heterocycles. The maximum Gasteiger partial charge on any atom is 0.264 e. The molecular formula is C27H30N2O5S. The van der Waals surface area contributed by atoms with Gasteiger partial charge in [0.1, 0.15) is 23.6 Å². The van der Waals surface area contributed by atoms with Crippen LogP contribution in [0.3, 0.4) is 0 Å². The van der Waals surface area contributed by atoms with Crippen molar-refractivity contribution in [1.29, 1.82) is 0 Å². The molecule has 1 N–H and O–H groups in total. The number of carbonyl (C=O) groups is 1. The predicted octanol–water partition coefficient (Wildman–Crippen LogP) is 4.62. The second-order valence-corrected chi connectivity index (χ2v) is 11.1. The topological polar surface area (TPSA) is 84.9 Å². The monoisotopic (exact) mass is 494 g/mol. The van der Waals surface area contributed by atoms with E-state index in [1.54, 1.807) is 43.5 Å². The maximum absolute atomic E-state index is 13.6. The van der Waals surface area contributed by atoms with Crippen molar-refractivity contribution >= 4 is 21.6 Å². The standard InChI is InChI=1S/C27H30N2O5S/c1-19-9-8-10-20(15-19)29(35(31,32)22-11-6-5-7-12-22)18-26(30)28-24-17-27(2,3)34-25-14-13-21(33-4)16-23(24)25/h5-16,24H,17-18H2,1-4H3,(H,28,30). The van der Waals surface area contributed by atoms with Crippen molar-refractivity contribution in [2.75, 3.05) is 18.0 Å². The van der Waals surface area contributed by atoms with Crippen molar-refractivity contribution < 1.29 is 22.7 Å². The third-order valence-corrected chi connectivity index (χ3v) is 7.71. The average molecular weight is 495 g/mol. The molecule has 1 atom stereocenters. The molecule has 3 aromatic carbocycles. The second kappa shape index (κ2) is 9.62. The minimum atomic E-state index is -3.97. The van der Waals surface area contributed by atoms with Crippen molar-refractivity contribution in [3.05, 3.63) is 83.9 Å². The van der Waals surface area contributed by atoms with Gasteiger partial charge in [-0.25, -0.2) is 8.42 Å². The van der Waals surface area contributed by atoms with Gasteiger partial charge in [0.15, 0.2) is 0 Å². The summed E-state index contributed by atoms with van der Waals surface area (Å²) in [4.78, 5) is 13.5. The Hall–Kier alpha value is -3.52. The number of anilines is 1. The van der Waals surface area contributed by atoms with Crippen molar-refractivity contribution in [1.82, 2.24) is 5.32 Å². The number of carbonyl (C=O) groups excluding carboxylic acids is 1. The number of methoxy groups -OCH3 is 1. The number of hydrogen-bond donors (Lipinski definition) is 1. The van der Waals surface area contributed by atoms with Gasteiger partial charge in [0.2, 0.25) is 5.91 Å². The highest BCUT2D eigenvalue weighted by molar-refractivity contribution is 7.92. The maximum atomic E-state index is 13.6. The molecular weight excluding hydrogens is 464 g/mol. The lowest BCUT2D eigenvalue weighted by Gasteiger charge is -2.38. The Morgan fingerprint density at radius 3 is 2.51 bits per heavy atom. The lowest BCUT2D eigenvalue weighted by Crippen LogP contribution is -2.45. The van der Waals surface area contributed by atoms with Crippen LogP contribution in [0.15, 0.2) is 77.7 Å². The normalized spacial score (nSPS) is 16.5. The molecule has 7 nitrogen and oxygen atoms in total. The summed E-state index contributed by atoms with van der Waals surface area (Å²) in [6.45, 7) is 5.43. The Balaban J connectivity index is 1.65. The number of fused-ring (bicyclic) bond motifs is 1. The SMILES string of the molecule is COc1ccc2c(c1)C(NC(=O)CN(c1cccc(C)c1)S(=O)(=O)c1ccccc1)CC(C)(C)O2. The molecule has 8 heteroatoms. The fraction of sp³-hybridized carbons (Fsp3) is 0.296. The van der Waals surface area contributed by atoms with E-state index in [1.165, 1.54) is 12.1 Å². The average Bonchev–Trinajstić information content (AvgIpc) is 2.82. The molecule has 0 saturated carbocycles. The molecule has 1 aliphatic heterocycles. The zero-order valence-electron chi connectivity index (χ0n) is 20.3. The summed E-state index contributed by atoms with van der Waals surface area (Å²) in [5.74, 6) is 0.904. The van der Waals surface area contributed by atoms with Crippen molar-refractivity contribution in [3.8, 4) is 11.5 Å².